The van der Waals surface area contributed by atoms with Gasteiger partial charge in [0.2, 0.25) is 5.72 Å². The molecule has 1 aromatic rings. The molecule has 0 amide bonds. The summed E-state index contributed by atoms with van der Waals surface area (Å²) < 4.78 is 5.36. The lowest BCUT2D eigenvalue weighted by Crippen LogP contribution is -2.44. The normalized spacial score (nSPS) is 26.8. The molecule has 0 aromatic heterocycles. The van der Waals surface area contributed by atoms with Crippen molar-refractivity contribution in [3.8, 4) is 5.75 Å². The summed E-state index contributed by atoms with van der Waals surface area (Å²) >= 11 is 0. The predicted octanol–water partition coefficient (Wildman–Crippen LogP) is 1.52. The smallest absolute Gasteiger partial charge is 0.204 e. The van der Waals surface area contributed by atoms with Crippen molar-refractivity contribution in [2.45, 2.75) is 18.6 Å². The Morgan fingerprint density at radius 3 is 3.06 bits per heavy atom. The van der Waals surface area contributed by atoms with Crippen LogP contribution in [0.1, 0.15) is 24.0 Å². The Morgan fingerprint density at radius 1 is 1.47 bits per heavy atom. The first-order chi connectivity index (χ1) is 8.27. The second kappa shape index (κ2) is 3.72. The number of rotatable bonds is 1. The van der Waals surface area contributed by atoms with Crippen molar-refractivity contribution >= 4 is 5.84 Å². The molecule has 0 saturated carbocycles. The zero-order valence-electron chi connectivity index (χ0n) is 9.58. The fourth-order valence-corrected chi connectivity index (χ4v) is 2.47. The molecule has 2 aliphatic heterocycles. The Bertz CT molecular complexity index is 467. The van der Waals surface area contributed by atoms with Gasteiger partial charge in [0.25, 0.3) is 0 Å². The lowest BCUT2D eigenvalue weighted by Gasteiger charge is -2.33. The molecular formula is C12H14N2O3. The predicted molar refractivity (Wildman–Crippen MR) is 60.9 cm³/mol. The molecule has 5 nitrogen and oxygen atoms in total. The van der Waals surface area contributed by atoms with Crippen LogP contribution in [0.4, 0.5) is 0 Å². The maximum atomic E-state index is 7.96. The number of nitrogens with one attached hydrogen (secondary N) is 2. The zero-order valence-corrected chi connectivity index (χ0v) is 9.58. The van der Waals surface area contributed by atoms with Gasteiger partial charge < -0.3 is 10.1 Å². The van der Waals surface area contributed by atoms with Crippen LogP contribution >= 0.6 is 0 Å². The molecule has 0 aliphatic carbocycles. The summed E-state index contributed by atoms with van der Waals surface area (Å²) in [4.78, 5) is 10.5. The molecule has 90 valence electrons. The highest BCUT2D eigenvalue weighted by molar-refractivity contribution is 6.02. The highest BCUT2D eigenvalue weighted by Crippen LogP contribution is 2.43. The Morgan fingerprint density at radius 2 is 2.35 bits per heavy atom. The summed E-state index contributed by atoms with van der Waals surface area (Å²) in [5.41, 5.74) is 0.930. The summed E-state index contributed by atoms with van der Waals surface area (Å²) in [6.07, 6.45) is 1.65. The van der Waals surface area contributed by atoms with Gasteiger partial charge in [-0.2, -0.15) is 0 Å². The Kier molecular flexibility index (Phi) is 2.31. The van der Waals surface area contributed by atoms with E-state index in [9.17, 15) is 0 Å². The van der Waals surface area contributed by atoms with Crippen LogP contribution in [0.2, 0.25) is 0 Å². The summed E-state index contributed by atoms with van der Waals surface area (Å²) in [6, 6.07) is 5.63. The number of benzene rings is 1. The number of ether oxygens (including phenoxy) is 1. The second-order valence-corrected chi connectivity index (χ2v) is 4.22. The van der Waals surface area contributed by atoms with Gasteiger partial charge in [0.05, 0.1) is 19.3 Å². The highest BCUT2D eigenvalue weighted by atomic mass is 17.2. The quantitative estimate of drug-likeness (QED) is 0.723. The molecule has 2 aliphatic rings. The second-order valence-electron chi connectivity index (χ2n) is 4.22. The maximum absolute atomic E-state index is 7.96. The maximum Gasteiger partial charge on any atom is 0.204 e. The topological polar surface area (TPSA) is 63.6 Å². The molecule has 1 unspecified atom stereocenters. The van der Waals surface area contributed by atoms with Crippen LogP contribution in [-0.2, 0) is 15.5 Å². The number of fused-ring (bicyclic) bond motifs is 2. The third-order valence-electron chi connectivity index (χ3n) is 3.20. The fraction of sp³-hybridized carbons (Fsp3) is 0.417. The van der Waals surface area contributed by atoms with E-state index >= 15 is 0 Å². The molecule has 1 fully saturated rings. The van der Waals surface area contributed by atoms with Crippen LogP contribution in [0.15, 0.2) is 18.2 Å². The van der Waals surface area contributed by atoms with E-state index in [1.807, 2.05) is 18.2 Å². The van der Waals surface area contributed by atoms with E-state index in [1.165, 1.54) is 0 Å². The van der Waals surface area contributed by atoms with Crippen LogP contribution < -0.4 is 10.1 Å². The molecule has 3 rings (SSSR count). The van der Waals surface area contributed by atoms with Gasteiger partial charge in [-0.1, -0.05) is 12.1 Å². The van der Waals surface area contributed by atoms with Crippen molar-refractivity contribution in [1.82, 2.24) is 5.32 Å². The first kappa shape index (κ1) is 10.6. The van der Waals surface area contributed by atoms with Crippen molar-refractivity contribution < 1.29 is 14.5 Å². The van der Waals surface area contributed by atoms with E-state index < -0.39 is 5.72 Å². The SMILES string of the molecule is COc1cccc2c1C1(CCCOO1)NC2=N. The third-order valence-corrected chi connectivity index (χ3v) is 3.20. The molecule has 1 spiro atoms. The Balaban J connectivity index is 2.16. The van der Waals surface area contributed by atoms with E-state index in [0.29, 0.717) is 12.4 Å². The molecule has 17 heavy (non-hydrogen) atoms. The van der Waals surface area contributed by atoms with Gasteiger partial charge in [-0.05, 0) is 12.5 Å². The molecule has 1 saturated heterocycles. The van der Waals surface area contributed by atoms with Crippen LogP contribution in [0, 0.1) is 5.41 Å². The van der Waals surface area contributed by atoms with Crippen LogP contribution in [0.25, 0.3) is 0 Å². The Labute approximate surface area is 99.1 Å². The van der Waals surface area contributed by atoms with Crippen LogP contribution in [0.3, 0.4) is 0 Å². The lowest BCUT2D eigenvalue weighted by atomic mass is 9.96. The summed E-state index contributed by atoms with van der Waals surface area (Å²) in [5.74, 6) is 1.08. The average molecular weight is 234 g/mol. The molecule has 1 aromatic carbocycles. The van der Waals surface area contributed by atoms with E-state index in [2.05, 4.69) is 5.32 Å². The largest absolute Gasteiger partial charge is 0.496 e. The van der Waals surface area contributed by atoms with Crippen LogP contribution in [0.5, 0.6) is 5.75 Å². The fourth-order valence-electron chi connectivity index (χ4n) is 2.47. The monoisotopic (exact) mass is 234 g/mol. The van der Waals surface area contributed by atoms with Crippen molar-refractivity contribution in [1.29, 1.82) is 5.41 Å². The van der Waals surface area contributed by atoms with Crippen molar-refractivity contribution in [3.05, 3.63) is 29.3 Å². The first-order valence-electron chi connectivity index (χ1n) is 5.62. The molecule has 0 radical (unpaired) electrons. The van der Waals surface area contributed by atoms with E-state index in [0.717, 1.165) is 29.7 Å². The van der Waals surface area contributed by atoms with Crippen LogP contribution in [-0.4, -0.2) is 19.6 Å². The molecule has 2 heterocycles. The molecule has 5 heteroatoms. The number of hydrogen-bond acceptors (Lipinski definition) is 4. The van der Waals surface area contributed by atoms with E-state index in [4.69, 9.17) is 19.9 Å². The van der Waals surface area contributed by atoms with Crippen molar-refractivity contribution in [2.75, 3.05) is 13.7 Å². The number of methoxy groups -OCH3 is 1. The van der Waals surface area contributed by atoms with Gasteiger partial charge in [-0.15, -0.1) is 0 Å². The Hall–Kier alpha value is -1.59. The zero-order chi connectivity index (χ0) is 11.9. The number of hydrogen-bond donors (Lipinski definition) is 2. The van der Waals surface area contributed by atoms with E-state index in [1.54, 1.807) is 7.11 Å². The number of amidine groups is 1. The summed E-state index contributed by atoms with van der Waals surface area (Å²) in [5, 5.41) is 11.0. The van der Waals surface area contributed by atoms with Crippen molar-refractivity contribution in [2.24, 2.45) is 0 Å². The van der Waals surface area contributed by atoms with Gasteiger partial charge in [0, 0.05) is 12.0 Å². The lowest BCUT2D eigenvalue weighted by molar-refractivity contribution is -0.393. The van der Waals surface area contributed by atoms with Gasteiger partial charge in [0.15, 0.2) is 0 Å². The minimum atomic E-state index is -0.753. The van der Waals surface area contributed by atoms with Gasteiger partial charge >= 0.3 is 0 Å². The minimum Gasteiger partial charge on any atom is -0.496 e. The first-order valence-corrected chi connectivity index (χ1v) is 5.62. The molecule has 2 N–H and O–H groups in total. The van der Waals surface area contributed by atoms with E-state index in [-0.39, 0.29) is 0 Å². The van der Waals surface area contributed by atoms with Gasteiger partial charge in [-0.25, -0.2) is 9.78 Å². The standard InChI is InChI=1S/C12H14N2O3/c1-15-9-5-2-4-8-10(9)12(14-11(8)13)6-3-7-16-17-12/h2,4-5H,3,6-7H2,1H3,(H2,13,14). The average Bonchev–Trinajstić information content (AvgIpc) is 2.64. The molecule has 1 atom stereocenters. The summed E-state index contributed by atoms with van der Waals surface area (Å²) in [6.45, 7) is 0.585. The van der Waals surface area contributed by atoms with Crippen molar-refractivity contribution in [3.63, 3.8) is 0 Å². The summed E-state index contributed by atoms with van der Waals surface area (Å²) in [7, 11) is 1.62. The van der Waals surface area contributed by atoms with Gasteiger partial charge in [0.1, 0.15) is 11.6 Å². The third kappa shape index (κ3) is 1.43. The van der Waals surface area contributed by atoms with Gasteiger partial charge in [-0.3, -0.25) is 5.41 Å². The molecular weight excluding hydrogens is 220 g/mol. The molecule has 0 bridgehead atoms. The minimum absolute atomic E-state index is 0.351. The highest BCUT2D eigenvalue weighted by Gasteiger charge is 2.47.